The summed E-state index contributed by atoms with van der Waals surface area (Å²) in [5, 5.41) is 4.26. The van der Waals surface area contributed by atoms with Crippen molar-refractivity contribution in [3.05, 3.63) is 69.5 Å². The Balaban J connectivity index is 2.28. The standard InChI is InChI=1S/C15H14Cl2FN/c1-19-14(9-10-4-2-5-11(18)8-10)12-6-3-7-13(16)15(12)17/h2-8,14,19H,9H2,1H3. The van der Waals surface area contributed by atoms with Crippen LogP contribution in [-0.2, 0) is 6.42 Å². The Bertz CT molecular complexity index is 572. The predicted molar refractivity (Wildman–Crippen MR) is 78.4 cm³/mol. The molecular weight excluding hydrogens is 284 g/mol. The third kappa shape index (κ3) is 3.47. The molecule has 2 aromatic rings. The van der Waals surface area contributed by atoms with Gasteiger partial charge in [0.05, 0.1) is 10.0 Å². The van der Waals surface area contributed by atoms with Gasteiger partial charge in [0.2, 0.25) is 0 Å². The van der Waals surface area contributed by atoms with Gasteiger partial charge in [-0.05, 0) is 42.8 Å². The average Bonchev–Trinajstić information content (AvgIpc) is 2.40. The summed E-state index contributed by atoms with van der Waals surface area (Å²) < 4.78 is 13.2. The SMILES string of the molecule is CNC(Cc1cccc(F)c1)c1cccc(Cl)c1Cl. The Morgan fingerprint density at radius 3 is 2.58 bits per heavy atom. The largest absolute Gasteiger partial charge is 0.313 e. The average molecular weight is 298 g/mol. The smallest absolute Gasteiger partial charge is 0.123 e. The molecule has 0 spiro atoms. The summed E-state index contributed by atoms with van der Waals surface area (Å²) >= 11 is 12.2. The highest BCUT2D eigenvalue weighted by molar-refractivity contribution is 6.42. The summed E-state index contributed by atoms with van der Waals surface area (Å²) in [7, 11) is 1.85. The highest BCUT2D eigenvalue weighted by Crippen LogP contribution is 2.31. The first-order valence-corrected chi connectivity index (χ1v) is 6.73. The van der Waals surface area contributed by atoms with Gasteiger partial charge in [-0.2, -0.15) is 0 Å². The zero-order chi connectivity index (χ0) is 13.8. The first-order chi connectivity index (χ1) is 9.11. The van der Waals surface area contributed by atoms with Gasteiger partial charge in [-0.25, -0.2) is 4.39 Å². The Labute approximate surface area is 122 Å². The molecule has 4 heteroatoms. The number of halogens is 3. The first kappa shape index (κ1) is 14.3. The molecule has 0 radical (unpaired) electrons. The molecule has 19 heavy (non-hydrogen) atoms. The van der Waals surface area contributed by atoms with E-state index in [4.69, 9.17) is 23.2 Å². The summed E-state index contributed by atoms with van der Waals surface area (Å²) in [5.74, 6) is -0.232. The zero-order valence-electron chi connectivity index (χ0n) is 10.5. The van der Waals surface area contributed by atoms with Crippen molar-refractivity contribution >= 4 is 23.2 Å². The molecule has 0 fully saturated rings. The Morgan fingerprint density at radius 1 is 1.16 bits per heavy atom. The summed E-state index contributed by atoms with van der Waals surface area (Å²) in [4.78, 5) is 0. The van der Waals surface area contributed by atoms with Gasteiger partial charge in [0.15, 0.2) is 0 Å². The van der Waals surface area contributed by atoms with E-state index in [9.17, 15) is 4.39 Å². The second-order valence-electron chi connectivity index (χ2n) is 4.32. The van der Waals surface area contributed by atoms with Crippen molar-refractivity contribution < 1.29 is 4.39 Å². The third-order valence-corrected chi connectivity index (χ3v) is 3.87. The molecule has 1 nitrogen and oxygen atoms in total. The van der Waals surface area contributed by atoms with E-state index in [0.717, 1.165) is 11.1 Å². The lowest BCUT2D eigenvalue weighted by atomic mass is 9.99. The summed E-state index contributed by atoms with van der Waals surface area (Å²) in [5.41, 5.74) is 1.83. The van der Waals surface area contributed by atoms with E-state index < -0.39 is 0 Å². The van der Waals surface area contributed by atoms with Gasteiger partial charge >= 0.3 is 0 Å². The van der Waals surface area contributed by atoms with Crippen molar-refractivity contribution in [1.29, 1.82) is 0 Å². The van der Waals surface area contributed by atoms with Crippen molar-refractivity contribution in [3.63, 3.8) is 0 Å². The Morgan fingerprint density at radius 2 is 1.89 bits per heavy atom. The van der Waals surface area contributed by atoms with E-state index in [1.54, 1.807) is 12.1 Å². The van der Waals surface area contributed by atoms with E-state index in [1.807, 2.05) is 25.2 Å². The van der Waals surface area contributed by atoms with Crippen LogP contribution in [0.5, 0.6) is 0 Å². The van der Waals surface area contributed by atoms with Crippen LogP contribution in [0.15, 0.2) is 42.5 Å². The fraction of sp³-hybridized carbons (Fsp3) is 0.200. The topological polar surface area (TPSA) is 12.0 Å². The monoisotopic (exact) mass is 297 g/mol. The van der Waals surface area contributed by atoms with E-state index in [0.29, 0.717) is 16.5 Å². The van der Waals surface area contributed by atoms with Crippen LogP contribution in [0.2, 0.25) is 10.0 Å². The predicted octanol–water partition coefficient (Wildman–Crippen LogP) is 4.64. The number of hydrogen-bond donors (Lipinski definition) is 1. The Hall–Kier alpha value is -1.09. The number of benzene rings is 2. The minimum Gasteiger partial charge on any atom is -0.313 e. The van der Waals surface area contributed by atoms with E-state index >= 15 is 0 Å². The van der Waals surface area contributed by atoms with Gasteiger partial charge in [-0.15, -0.1) is 0 Å². The van der Waals surface area contributed by atoms with Gasteiger partial charge in [-0.1, -0.05) is 47.5 Å². The molecule has 2 aromatic carbocycles. The van der Waals surface area contributed by atoms with Crippen molar-refractivity contribution in [2.24, 2.45) is 0 Å². The van der Waals surface area contributed by atoms with Gasteiger partial charge in [0.1, 0.15) is 5.82 Å². The van der Waals surface area contributed by atoms with Crippen LogP contribution >= 0.6 is 23.2 Å². The maximum Gasteiger partial charge on any atom is 0.123 e. The number of hydrogen-bond acceptors (Lipinski definition) is 1. The van der Waals surface area contributed by atoms with Crippen LogP contribution in [0.1, 0.15) is 17.2 Å². The van der Waals surface area contributed by atoms with E-state index in [1.165, 1.54) is 12.1 Å². The molecule has 2 rings (SSSR count). The minimum absolute atomic E-state index is 0.00648. The lowest BCUT2D eigenvalue weighted by Gasteiger charge is -2.18. The quantitative estimate of drug-likeness (QED) is 0.867. The van der Waals surface area contributed by atoms with E-state index in [-0.39, 0.29) is 11.9 Å². The molecule has 100 valence electrons. The first-order valence-electron chi connectivity index (χ1n) is 5.97. The molecule has 0 bridgehead atoms. The van der Waals surface area contributed by atoms with Crippen LogP contribution in [0.3, 0.4) is 0 Å². The Kier molecular flexibility index (Phi) is 4.81. The normalized spacial score (nSPS) is 12.4. The van der Waals surface area contributed by atoms with Crippen LogP contribution in [-0.4, -0.2) is 7.05 Å². The zero-order valence-corrected chi connectivity index (χ0v) is 12.0. The molecule has 0 aliphatic carbocycles. The molecule has 0 aromatic heterocycles. The minimum atomic E-state index is -0.232. The molecule has 0 heterocycles. The number of likely N-dealkylation sites (N-methyl/N-ethyl adjacent to an activating group) is 1. The molecule has 0 amide bonds. The molecule has 1 unspecified atom stereocenters. The van der Waals surface area contributed by atoms with Gasteiger partial charge in [0.25, 0.3) is 0 Å². The van der Waals surface area contributed by atoms with Gasteiger partial charge in [-0.3, -0.25) is 0 Å². The second-order valence-corrected chi connectivity index (χ2v) is 5.10. The summed E-state index contributed by atoms with van der Waals surface area (Å²) in [6, 6.07) is 12.1. The van der Waals surface area contributed by atoms with Crippen LogP contribution in [0, 0.1) is 5.82 Å². The molecule has 0 saturated carbocycles. The van der Waals surface area contributed by atoms with E-state index in [2.05, 4.69) is 5.32 Å². The van der Waals surface area contributed by atoms with Crippen molar-refractivity contribution in [2.45, 2.75) is 12.5 Å². The van der Waals surface area contributed by atoms with Crippen molar-refractivity contribution in [3.8, 4) is 0 Å². The molecule has 1 N–H and O–H groups in total. The highest BCUT2D eigenvalue weighted by atomic mass is 35.5. The fourth-order valence-corrected chi connectivity index (χ4v) is 2.50. The number of nitrogens with one attached hydrogen (secondary N) is 1. The number of rotatable bonds is 4. The van der Waals surface area contributed by atoms with Crippen molar-refractivity contribution in [1.82, 2.24) is 5.32 Å². The molecule has 1 atom stereocenters. The molecule has 0 aliphatic rings. The van der Waals surface area contributed by atoms with Gasteiger partial charge in [0, 0.05) is 6.04 Å². The van der Waals surface area contributed by atoms with Crippen molar-refractivity contribution in [2.75, 3.05) is 7.05 Å². The molecule has 0 aliphatic heterocycles. The maximum atomic E-state index is 13.2. The highest BCUT2D eigenvalue weighted by Gasteiger charge is 2.15. The fourth-order valence-electron chi connectivity index (χ4n) is 2.06. The van der Waals surface area contributed by atoms with Gasteiger partial charge < -0.3 is 5.32 Å². The van der Waals surface area contributed by atoms with Crippen LogP contribution in [0.4, 0.5) is 4.39 Å². The lowest BCUT2D eigenvalue weighted by Crippen LogP contribution is -2.19. The second kappa shape index (κ2) is 6.38. The lowest BCUT2D eigenvalue weighted by molar-refractivity contribution is 0.584. The molecular formula is C15H14Cl2FN. The van der Waals surface area contributed by atoms with Crippen LogP contribution in [0.25, 0.3) is 0 Å². The third-order valence-electron chi connectivity index (χ3n) is 3.03. The summed E-state index contributed by atoms with van der Waals surface area (Å²) in [6.07, 6.45) is 0.647. The van der Waals surface area contributed by atoms with Crippen LogP contribution < -0.4 is 5.32 Å². The maximum absolute atomic E-state index is 13.2. The molecule has 0 saturated heterocycles. The summed E-state index contributed by atoms with van der Waals surface area (Å²) in [6.45, 7) is 0.